The van der Waals surface area contributed by atoms with Gasteiger partial charge >= 0.3 is 0 Å². The fourth-order valence-corrected chi connectivity index (χ4v) is 4.66. The number of amides is 1. The van der Waals surface area contributed by atoms with E-state index in [0.29, 0.717) is 17.0 Å². The van der Waals surface area contributed by atoms with Crippen molar-refractivity contribution < 1.29 is 4.79 Å². The van der Waals surface area contributed by atoms with Gasteiger partial charge in [0.25, 0.3) is 5.56 Å². The molecule has 0 aliphatic heterocycles. The number of carbonyl (C=O) groups excluding carboxylic acids is 1. The molecule has 0 saturated heterocycles. The number of thioether (sulfide) groups is 1. The van der Waals surface area contributed by atoms with Gasteiger partial charge in [0.1, 0.15) is 10.7 Å². The first-order valence-electron chi connectivity index (χ1n) is 7.63. The summed E-state index contributed by atoms with van der Waals surface area (Å²) in [7, 11) is 1.72. The van der Waals surface area contributed by atoms with E-state index >= 15 is 0 Å². The Morgan fingerprint density at radius 3 is 2.52 bits per heavy atom. The summed E-state index contributed by atoms with van der Waals surface area (Å²) in [5, 5.41) is 0.627. The largest absolute Gasteiger partial charge is 0.337 e. The standard InChI is InChI=1S/C16H23N3O2S2/c1-9(2)19(10(3)4)13(20)8-22-14-7-12-15(23-14)17-11(5)18(6)16(12)21/h7,9-10H,8H2,1-6H3. The topological polar surface area (TPSA) is 55.2 Å². The number of hydrogen-bond donors (Lipinski definition) is 0. The van der Waals surface area contributed by atoms with Crippen molar-refractivity contribution in [1.29, 1.82) is 0 Å². The van der Waals surface area contributed by atoms with Gasteiger partial charge in [-0.3, -0.25) is 14.2 Å². The maximum Gasteiger partial charge on any atom is 0.262 e. The fraction of sp³-hybridized carbons (Fsp3) is 0.562. The molecule has 126 valence electrons. The van der Waals surface area contributed by atoms with Crippen LogP contribution in [-0.2, 0) is 11.8 Å². The molecule has 1 amide bonds. The van der Waals surface area contributed by atoms with Crippen LogP contribution in [0.4, 0.5) is 0 Å². The minimum Gasteiger partial charge on any atom is -0.337 e. The third-order valence-electron chi connectivity index (χ3n) is 3.71. The van der Waals surface area contributed by atoms with Crippen LogP contribution in [0.1, 0.15) is 33.5 Å². The van der Waals surface area contributed by atoms with Crippen LogP contribution < -0.4 is 5.56 Å². The highest BCUT2D eigenvalue weighted by Gasteiger charge is 2.20. The Bertz CT molecular complexity index is 769. The van der Waals surface area contributed by atoms with Crippen molar-refractivity contribution in [2.45, 2.75) is 50.9 Å². The van der Waals surface area contributed by atoms with Crippen LogP contribution in [0, 0.1) is 6.92 Å². The predicted molar refractivity (Wildman–Crippen MR) is 97.4 cm³/mol. The van der Waals surface area contributed by atoms with Crippen molar-refractivity contribution in [3.05, 3.63) is 22.2 Å². The molecule has 2 heterocycles. The molecular formula is C16H23N3O2S2. The maximum absolute atomic E-state index is 12.4. The molecule has 2 rings (SSSR count). The SMILES string of the molecule is Cc1nc2sc(SCC(=O)N(C(C)C)C(C)C)cc2c(=O)n1C. The van der Waals surface area contributed by atoms with E-state index in [1.54, 1.807) is 11.6 Å². The average molecular weight is 354 g/mol. The van der Waals surface area contributed by atoms with E-state index in [9.17, 15) is 9.59 Å². The first-order chi connectivity index (χ1) is 10.7. The van der Waals surface area contributed by atoms with Gasteiger partial charge in [-0.2, -0.15) is 0 Å². The van der Waals surface area contributed by atoms with E-state index in [4.69, 9.17) is 0 Å². The Morgan fingerprint density at radius 2 is 1.96 bits per heavy atom. The van der Waals surface area contributed by atoms with E-state index < -0.39 is 0 Å². The third kappa shape index (κ3) is 3.77. The number of hydrogen-bond acceptors (Lipinski definition) is 5. The number of rotatable bonds is 5. The molecule has 0 radical (unpaired) electrons. The van der Waals surface area contributed by atoms with Crippen LogP contribution in [0.2, 0.25) is 0 Å². The van der Waals surface area contributed by atoms with Gasteiger partial charge in [0.15, 0.2) is 0 Å². The molecule has 0 fully saturated rings. The molecule has 0 aromatic carbocycles. The quantitative estimate of drug-likeness (QED) is 0.775. The van der Waals surface area contributed by atoms with Crippen molar-refractivity contribution in [3.8, 4) is 0 Å². The first kappa shape index (κ1) is 18.0. The Hall–Kier alpha value is -1.34. The van der Waals surface area contributed by atoms with Gasteiger partial charge in [0.2, 0.25) is 5.91 Å². The normalized spacial score (nSPS) is 11.7. The van der Waals surface area contributed by atoms with Gasteiger partial charge in [-0.05, 0) is 40.7 Å². The van der Waals surface area contributed by atoms with Gasteiger partial charge in [-0.1, -0.05) is 0 Å². The van der Waals surface area contributed by atoms with Gasteiger partial charge in [0, 0.05) is 19.1 Å². The number of fused-ring (bicyclic) bond motifs is 1. The first-order valence-corrected chi connectivity index (χ1v) is 9.43. The molecule has 0 aliphatic rings. The zero-order chi connectivity index (χ0) is 17.3. The summed E-state index contributed by atoms with van der Waals surface area (Å²) in [5.41, 5.74) is -0.0343. The summed E-state index contributed by atoms with van der Waals surface area (Å²) < 4.78 is 2.50. The van der Waals surface area contributed by atoms with Crippen molar-refractivity contribution in [2.75, 3.05) is 5.75 Å². The molecule has 2 aromatic heterocycles. The highest BCUT2D eigenvalue weighted by molar-refractivity contribution is 8.01. The van der Waals surface area contributed by atoms with Crippen molar-refractivity contribution in [2.24, 2.45) is 7.05 Å². The molecular weight excluding hydrogens is 330 g/mol. The van der Waals surface area contributed by atoms with E-state index in [1.807, 2.05) is 45.6 Å². The number of aromatic nitrogens is 2. The van der Waals surface area contributed by atoms with E-state index in [1.165, 1.54) is 23.1 Å². The second kappa shape index (κ2) is 7.05. The summed E-state index contributed by atoms with van der Waals surface area (Å²) in [6, 6.07) is 2.21. The number of aryl methyl sites for hydroxylation is 1. The van der Waals surface area contributed by atoms with Gasteiger partial charge in [-0.25, -0.2) is 4.98 Å². The summed E-state index contributed by atoms with van der Waals surface area (Å²) >= 11 is 2.95. The fourth-order valence-electron chi connectivity index (χ4n) is 2.60. The van der Waals surface area contributed by atoms with Crippen LogP contribution in [0.25, 0.3) is 10.2 Å². The zero-order valence-corrected chi connectivity index (χ0v) is 16.0. The minimum absolute atomic E-state index is 0.0343. The Labute approximate surface area is 144 Å². The average Bonchev–Trinajstić information content (AvgIpc) is 2.85. The smallest absolute Gasteiger partial charge is 0.262 e. The summed E-state index contributed by atoms with van der Waals surface area (Å²) in [6.07, 6.45) is 0. The highest BCUT2D eigenvalue weighted by Crippen LogP contribution is 2.30. The monoisotopic (exact) mass is 353 g/mol. The molecule has 0 atom stereocenters. The van der Waals surface area contributed by atoms with Crippen LogP contribution >= 0.6 is 23.1 Å². The third-order valence-corrected chi connectivity index (χ3v) is 5.93. The molecule has 0 saturated carbocycles. The van der Waals surface area contributed by atoms with Crippen molar-refractivity contribution in [1.82, 2.24) is 14.5 Å². The van der Waals surface area contributed by atoms with Gasteiger partial charge in [-0.15, -0.1) is 23.1 Å². The lowest BCUT2D eigenvalue weighted by Gasteiger charge is -2.30. The second-order valence-corrected chi connectivity index (χ2v) is 8.39. The lowest BCUT2D eigenvalue weighted by atomic mass is 10.2. The molecule has 0 bridgehead atoms. The predicted octanol–water partition coefficient (Wildman–Crippen LogP) is 3.04. The molecule has 0 aliphatic carbocycles. The Morgan fingerprint density at radius 1 is 1.35 bits per heavy atom. The minimum atomic E-state index is -0.0343. The molecule has 2 aromatic rings. The van der Waals surface area contributed by atoms with Crippen LogP contribution in [-0.4, -0.2) is 38.2 Å². The van der Waals surface area contributed by atoms with Crippen LogP contribution in [0.5, 0.6) is 0 Å². The molecule has 7 heteroatoms. The lowest BCUT2D eigenvalue weighted by molar-refractivity contribution is -0.131. The summed E-state index contributed by atoms with van der Waals surface area (Å²) in [6.45, 7) is 9.92. The highest BCUT2D eigenvalue weighted by atomic mass is 32.2. The van der Waals surface area contributed by atoms with Crippen LogP contribution in [0.3, 0.4) is 0 Å². The Balaban J connectivity index is 2.18. The summed E-state index contributed by atoms with van der Waals surface area (Å²) in [5.74, 6) is 1.19. The number of nitrogens with zero attached hydrogens (tertiary/aromatic N) is 3. The van der Waals surface area contributed by atoms with Crippen LogP contribution in [0.15, 0.2) is 15.1 Å². The lowest BCUT2D eigenvalue weighted by Crippen LogP contribution is -2.43. The summed E-state index contributed by atoms with van der Waals surface area (Å²) in [4.78, 5) is 31.7. The maximum atomic E-state index is 12.4. The van der Waals surface area contributed by atoms with E-state index in [2.05, 4.69) is 4.98 Å². The van der Waals surface area contributed by atoms with E-state index in [-0.39, 0.29) is 23.6 Å². The second-order valence-electron chi connectivity index (χ2n) is 6.08. The van der Waals surface area contributed by atoms with Gasteiger partial charge in [0.05, 0.1) is 15.3 Å². The molecule has 0 unspecified atom stereocenters. The molecule has 0 N–H and O–H groups in total. The van der Waals surface area contributed by atoms with E-state index in [0.717, 1.165) is 9.04 Å². The molecule has 23 heavy (non-hydrogen) atoms. The van der Waals surface area contributed by atoms with Gasteiger partial charge < -0.3 is 4.90 Å². The number of thiophene rings is 1. The molecule has 5 nitrogen and oxygen atoms in total. The number of carbonyl (C=O) groups is 1. The molecule has 0 spiro atoms. The van der Waals surface area contributed by atoms with Crippen molar-refractivity contribution >= 4 is 39.2 Å². The Kier molecular flexibility index (Phi) is 5.52. The van der Waals surface area contributed by atoms with Crippen molar-refractivity contribution in [3.63, 3.8) is 0 Å². The zero-order valence-electron chi connectivity index (χ0n) is 14.4.